The van der Waals surface area contributed by atoms with E-state index in [0.717, 1.165) is 19.3 Å². The molecule has 2 aliphatic carbocycles. The van der Waals surface area contributed by atoms with Gasteiger partial charge in [0.25, 0.3) is 0 Å². The molecule has 0 bridgehead atoms. The SMILES string of the molecule is O=C(O)c1ccc(NC(=O)C(CC2CCCCC2)NC2CCCCC2)cc1. The molecular weight excluding hydrogens is 340 g/mol. The van der Waals surface area contributed by atoms with Crippen LogP contribution in [0.25, 0.3) is 0 Å². The number of anilines is 1. The summed E-state index contributed by atoms with van der Waals surface area (Å²) in [5.41, 5.74) is 0.885. The third kappa shape index (κ3) is 6.06. The van der Waals surface area contributed by atoms with E-state index in [-0.39, 0.29) is 17.5 Å². The van der Waals surface area contributed by atoms with E-state index in [4.69, 9.17) is 5.11 Å². The maximum absolute atomic E-state index is 13.0. The quantitative estimate of drug-likeness (QED) is 0.654. The number of amides is 1. The van der Waals surface area contributed by atoms with Crippen LogP contribution in [0.2, 0.25) is 0 Å². The summed E-state index contributed by atoms with van der Waals surface area (Å²) in [5, 5.41) is 15.7. The molecule has 0 heterocycles. The van der Waals surface area contributed by atoms with Crippen LogP contribution < -0.4 is 10.6 Å². The Labute approximate surface area is 161 Å². The van der Waals surface area contributed by atoms with Crippen LogP contribution in [0.15, 0.2) is 24.3 Å². The minimum absolute atomic E-state index is 0.00854. The van der Waals surface area contributed by atoms with Crippen LogP contribution in [0.5, 0.6) is 0 Å². The maximum atomic E-state index is 13.0. The molecule has 3 rings (SSSR count). The van der Waals surface area contributed by atoms with Crippen molar-refractivity contribution in [1.82, 2.24) is 5.32 Å². The molecule has 2 saturated carbocycles. The van der Waals surface area contributed by atoms with E-state index >= 15 is 0 Å². The van der Waals surface area contributed by atoms with E-state index in [1.54, 1.807) is 12.1 Å². The number of hydrogen-bond donors (Lipinski definition) is 3. The van der Waals surface area contributed by atoms with E-state index in [1.165, 1.54) is 63.5 Å². The molecule has 5 heteroatoms. The second-order valence-corrected chi connectivity index (χ2v) is 8.17. The first-order valence-electron chi connectivity index (χ1n) is 10.5. The van der Waals surface area contributed by atoms with Crippen molar-refractivity contribution in [3.05, 3.63) is 29.8 Å². The highest BCUT2D eigenvalue weighted by molar-refractivity contribution is 5.95. The highest BCUT2D eigenvalue weighted by atomic mass is 16.4. The Bertz CT molecular complexity index is 597. The van der Waals surface area contributed by atoms with Crippen LogP contribution in [-0.2, 0) is 4.79 Å². The van der Waals surface area contributed by atoms with Crippen molar-refractivity contribution in [2.24, 2.45) is 5.92 Å². The lowest BCUT2D eigenvalue weighted by atomic mass is 9.84. The van der Waals surface area contributed by atoms with Crippen LogP contribution in [0, 0.1) is 5.92 Å². The predicted octanol–water partition coefficient (Wildman–Crippen LogP) is 4.58. The summed E-state index contributed by atoms with van der Waals surface area (Å²) in [7, 11) is 0. The standard InChI is InChI=1S/C22H32N2O3/c25-21(24-19-13-11-17(12-14-19)22(26)27)20(15-16-7-3-1-4-8-16)23-18-9-5-2-6-10-18/h11-14,16,18,20,23H,1-10,15H2,(H,24,25)(H,26,27). The van der Waals surface area contributed by atoms with Gasteiger partial charge in [-0.25, -0.2) is 4.79 Å². The Kier molecular flexibility index (Phi) is 7.27. The summed E-state index contributed by atoms with van der Waals surface area (Å²) >= 11 is 0. The average Bonchev–Trinajstić information content (AvgIpc) is 2.69. The molecule has 0 saturated heterocycles. The largest absolute Gasteiger partial charge is 0.478 e. The van der Waals surface area contributed by atoms with E-state index < -0.39 is 5.97 Å². The van der Waals surface area contributed by atoms with E-state index in [2.05, 4.69) is 10.6 Å². The van der Waals surface area contributed by atoms with Gasteiger partial charge in [-0.3, -0.25) is 4.79 Å². The van der Waals surface area contributed by atoms with Crippen LogP contribution >= 0.6 is 0 Å². The lowest BCUT2D eigenvalue weighted by Crippen LogP contribution is -2.47. The fraction of sp³-hybridized carbons (Fsp3) is 0.636. The predicted molar refractivity (Wildman–Crippen MR) is 107 cm³/mol. The first-order chi connectivity index (χ1) is 13.1. The van der Waals surface area contributed by atoms with E-state index in [0.29, 0.717) is 17.6 Å². The van der Waals surface area contributed by atoms with Gasteiger partial charge in [-0.1, -0.05) is 51.4 Å². The first-order valence-corrected chi connectivity index (χ1v) is 10.5. The summed E-state index contributed by atoms with van der Waals surface area (Å²) in [6.07, 6.45) is 13.3. The van der Waals surface area contributed by atoms with Crippen molar-refractivity contribution in [1.29, 1.82) is 0 Å². The Morgan fingerprint density at radius 2 is 1.52 bits per heavy atom. The van der Waals surface area contributed by atoms with Gasteiger partial charge in [-0.2, -0.15) is 0 Å². The number of rotatable bonds is 7. The Morgan fingerprint density at radius 3 is 2.11 bits per heavy atom. The van der Waals surface area contributed by atoms with Crippen molar-refractivity contribution < 1.29 is 14.7 Å². The van der Waals surface area contributed by atoms with Crippen molar-refractivity contribution in [3.63, 3.8) is 0 Å². The van der Waals surface area contributed by atoms with Crippen LogP contribution in [0.3, 0.4) is 0 Å². The summed E-state index contributed by atoms with van der Waals surface area (Å²) in [6.45, 7) is 0. The molecule has 2 aliphatic rings. The van der Waals surface area contributed by atoms with Gasteiger partial charge in [0.2, 0.25) is 5.91 Å². The second kappa shape index (κ2) is 9.88. The number of nitrogens with one attached hydrogen (secondary N) is 2. The topological polar surface area (TPSA) is 78.4 Å². The second-order valence-electron chi connectivity index (χ2n) is 8.17. The van der Waals surface area contributed by atoms with Gasteiger partial charge in [0.05, 0.1) is 11.6 Å². The first kappa shape index (κ1) is 19.9. The molecular formula is C22H32N2O3. The number of carboxylic acid groups (broad SMARTS) is 1. The smallest absolute Gasteiger partial charge is 0.335 e. The van der Waals surface area contributed by atoms with Crippen LogP contribution in [0.1, 0.15) is 81.0 Å². The molecule has 1 aromatic rings. The zero-order chi connectivity index (χ0) is 19.1. The Morgan fingerprint density at radius 1 is 0.926 bits per heavy atom. The zero-order valence-electron chi connectivity index (χ0n) is 16.1. The summed E-state index contributed by atoms with van der Waals surface area (Å²) in [5.74, 6) is -0.323. The normalized spacial score (nSPS) is 20.1. The molecule has 1 amide bonds. The third-order valence-electron chi connectivity index (χ3n) is 6.05. The highest BCUT2D eigenvalue weighted by Crippen LogP contribution is 2.28. The zero-order valence-corrected chi connectivity index (χ0v) is 16.1. The lowest BCUT2D eigenvalue weighted by molar-refractivity contribution is -0.119. The van der Waals surface area contributed by atoms with Gasteiger partial charge < -0.3 is 15.7 Å². The number of carboxylic acids is 1. The summed E-state index contributed by atoms with van der Waals surface area (Å²) in [4.78, 5) is 24.0. The fourth-order valence-corrected chi connectivity index (χ4v) is 4.49. The monoisotopic (exact) mass is 372 g/mol. The Balaban J connectivity index is 1.63. The molecule has 0 spiro atoms. The summed E-state index contributed by atoms with van der Waals surface area (Å²) < 4.78 is 0. The minimum Gasteiger partial charge on any atom is -0.478 e. The number of aromatic carboxylic acids is 1. The van der Waals surface area contributed by atoms with Gasteiger partial charge >= 0.3 is 5.97 Å². The number of carbonyl (C=O) groups excluding carboxylic acids is 1. The van der Waals surface area contributed by atoms with Gasteiger partial charge in [-0.15, -0.1) is 0 Å². The molecule has 0 aliphatic heterocycles. The molecule has 1 unspecified atom stereocenters. The van der Waals surface area contributed by atoms with Crippen molar-refractivity contribution >= 4 is 17.6 Å². The van der Waals surface area contributed by atoms with E-state index in [9.17, 15) is 9.59 Å². The highest BCUT2D eigenvalue weighted by Gasteiger charge is 2.27. The molecule has 148 valence electrons. The molecule has 1 aromatic carbocycles. The van der Waals surface area contributed by atoms with Crippen LogP contribution in [-0.4, -0.2) is 29.1 Å². The Hall–Kier alpha value is -1.88. The number of carbonyl (C=O) groups is 2. The number of benzene rings is 1. The molecule has 0 radical (unpaired) electrons. The van der Waals surface area contributed by atoms with Gasteiger partial charge in [0.1, 0.15) is 0 Å². The average molecular weight is 373 g/mol. The van der Waals surface area contributed by atoms with Gasteiger partial charge in [0.15, 0.2) is 0 Å². The molecule has 27 heavy (non-hydrogen) atoms. The molecule has 5 nitrogen and oxygen atoms in total. The molecule has 3 N–H and O–H groups in total. The molecule has 0 aromatic heterocycles. The lowest BCUT2D eigenvalue weighted by Gasteiger charge is -2.31. The molecule has 2 fully saturated rings. The van der Waals surface area contributed by atoms with Crippen LogP contribution in [0.4, 0.5) is 5.69 Å². The van der Waals surface area contributed by atoms with Crippen molar-refractivity contribution in [3.8, 4) is 0 Å². The van der Waals surface area contributed by atoms with Crippen molar-refractivity contribution in [2.45, 2.75) is 82.7 Å². The van der Waals surface area contributed by atoms with Crippen molar-refractivity contribution in [2.75, 3.05) is 5.32 Å². The third-order valence-corrected chi connectivity index (χ3v) is 6.05. The minimum atomic E-state index is -0.956. The molecule has 1 atom stereocenters. The van der Waals surface area contributed by atoms with E-state index in [1.807, 2.05) is 0 Å². The maximum Gasteiger partial charge on any atom is 0.335 e. The summed E-state index contributed by atoms with van der Waals surface area (Å²) in [6, 6.07) is 6.66. The number of hydrogen-bond acceptors (Lipinski definition) is 3. The van der Waals surface area contributed by atoms with Gasteiger partial charge in [-0.05, 0) is 49.4 Å². The van der Waals surface area contributed by atoms with Gasteiger partial charge in [0, 0.05) is 11.7 Å². The fourth-order valence-electron chi connectivity index (χ4n) is 4.49.